The summed E-state index contributed by atoms with van der Waals surface area (Å²) in [6.07, 6.45) is 0. The van der Waals surface area contributed by atoms with E-state index in [4.69, 9.17) is 0 Å². The summed E-state index contributed by atoms with van der Waals surface area (Å²) in [5, 5.41) is 17.5. The Morgan fingerprint density at radius 1 is 1.41 bits per heavy atom. The third kappa shape index (κ3) is 4.00. The molecule has 1 aromatic carbocycles. The van der Waals surface area contributed by atoms with Crippen molar-refractivity contribution in [2.45, 2.75) is 26.5 Å². The molecule has 27 heavy (non-hydrogen) atoms. The van der Waals surface area contributed by atoms with Crippen molar-refractivity contribution in [1.29, 1.82) is 0 Å². The van der Waals surface area contributed by atoms with Crippen molar-refractivity contribution in [2.75, 3.05) is 5.32 Å². The van der Waals surface area contributed by atoms with E-state index in [1.165, 1.54) is 28.9 Å². The SMILES string of the molecule is Cc1cc([N+](=O)[O-])nn1C(C)C(=O)Nc1nc2ccc(OC(F)F)cc2s1. The molecule has 0 aliphatic carbocycles. The number of alkyl halides is 2. The number of hydrogen-bond donors (Lipinski definition) is 1. The van der Waals surface area contributed by atoms with Crippen LogP contribution in [0.3, 0.4) is 0 Å². The zero-order chi connectivity index (χ0) is 19.7. The highest BCUT2D eigenvalue weighted by Crippen LogP contribution is 2.30. The van der Waals surface area contributed by atoms with E-state index in [0.29, 0.717) is 15.9 Å². The Bertz CT molecular complexity index is 1020. The maximum Gasteiger partial charge on any atom is 0.390 e. The largest absolute Gasteiger partial charge is 0.435 e. The van der Waals surface area contributed by atoms with Crippen molar-refractivity contribution < 1.29 is 23.2 Å². The number of fused-ring (bicyclic) bond motifs is 1. The monoisotopic (exact) mass is 397 g/mol. The molecule has 0 saturated heterocycles. The summed E-state index contributed by atoms with van der Waals surface area (Å²) in [5.74, 6) is -0.829. The van der Waals surface area contributed by atoms with Gasteiger partial charge in [-0.05, 0) is 37.0 Å². The predicted octanol–water partition coefficient (Wildman–Crippen LogP) is 3.51. The zero-order valence-electron chi connectivity index (χ0n) is 14.1. The molecule has 2 aromatic heterocycles. The van der Waals surface area contributed by atoms with E-state index in [1.54, 1.807) is 13.8 Å². The fourth-order valence-corrected chi connectivity index (χ4v) is 3.31. The highest BCUT2D eigenvalue weighted by Gasteiger charge is 2.25. The van der Waals surface area contributed by atoms with Crippen LogP contribution in [0, 0.1) is 17.0 Å². The van der Waals surface area contributed by atoms with E-state index in [1.807, 2.05) is 0 Å². The third-order valence-electron chi connectivity index (χ3n) is 3.66. The first kappa shape index (κ1) is 18.6. The minimum Gasteiger partial charge on any atom is -0.435 e. The van der Waals surface area contributed by atoms with Gasteiger partial charge in [0.25, 0.3) is 5.91 Å². The molecular weight excluding hydrogens is 384 g/mol. The van der Waals surface area contributed by atoms with Gasteiger partial charge in [-0.3, -0.25) is 4.79 Å². The first-order valence-corrected chi connectivity index (χ1v) is 8.43. The number of amides is 1. The van der Waals surface area contributed by atoms with Crippen LogP contribution in [0.25, 0.3) is 10.2 Å². The van der Waals surface area contributed by atoms with E-state index in [9.17, 15) is 23.7 Å². The van der Waals surface area contributed by atoms with Crippen LogP contribution >= 0.6 is 11.3 Å². The summed E-state index contributed by atoms with van der Waals surface area (Å²) >= 11 is 1.09. The number of ether oxygens (including phenoxy) is 1. The third-order valence-corrected chi connectivity index (χ3v) is 4.59. The zero-order valence-corrected chi connectivity index (χ0v) is 14.9. The lowest BCUT2D eigenvalue weighted by Crippen LogP contribution is -2.25. The molecular formula is C15H13F2N5O4S. The van der Waals surface area contributed by atoms with E-state index < -0.39 is 23.5 Å². The van der Waals surface area contributed by atoms with Crippen molar-refractivity contribution in [3.63, 3.8) is 0 Å². The molecule has 1 amide bonds. The lowest BCUT2D eigenvalue weighted by atomic mass is 10.3. The van der Waals surface area contributed by atoms with Gasteiger partial charge in [0, 0.05) is 0 Å². The number of carbonyl (C=O) groups is 1. The van der Waals surface area contributed by atoms with Gasteiger partial charge in [0.1, 0.15) is 11.8 Å². The van der Waals surface area contributed by atoms with Crippen molar-refractivity contribution in [3.05, 3.63) is 40.1 Å². The summed E-state index contributed by atoms with van der Waals surface area (Å²) in [6, 6.07) is 4.72. The Kier molecular flexibility index (Phi) is 4.99. The quantitative estimate of drug-likeness (QED) is 0.503. The second kappa shape index (κ2) is 7.23. The Hall–Kier alpha value is -3.15. The van der Waals surface area contributed by atoms with Crippen LogP contribution < -0.4 is 10.1 Å². The molecule has 0 fully saturated rings. The number of hydrogen-bond acceptors (Lipinski definition) is 7. The molecule has 0 spiro atoms. The van der Waals surface area contributed by atoms with E-state index in [-0.39, 0.29) is 16.7 Å². The van der Waals surface area contributed by atoms with Gasteiger partial charge in [0.05, 0.1) is 27.1 Å². The fourth-order valence-electron chi connectivity index (χ4n) is 2.41. The van der Waals surface area contributed by atoms with E-state index in [0.717, 1.165) is 11.3 Å². The van der Waals surface area contributed by atoms with Crippen LogP contribution in [-0.2, 0) is 4.79 Å². The number of nitrogens with zero attached hydrogens (tertiary/aromatic N) is 4. The van der Waals surface area contributed by atoms with Gasteiger partial charge in [0.15, 0.2) is 5.13 Å². The highest BCUT2D eigenvalue weighted by atomic mass is 32.1. The number of halogens is 2. The number of thiazole rings is 1. The number of anilines is 1. The summed E-state index contributed by atoms with van der Waals surface area (Å²) < 4.78 is 30.7. The Balaban J connectivity index is 1.78. The molecule has 0 aliphatic heterocycles. The average molecular weight is 397 g/mol. The maximum absolute atomic E-state index is 12.4. The lowest BCUT2D eigenvalue weighted by Gasteiger charge is -2.09. The van der Waals surface area contributed by atoms with Crippen molar-refractivity contribution in [3.8, 4) is 5.75 Å². The van der Waals surface area contributed by atoms with E-state index >= 15 is 0 Å². The highest BCUT2D eigenvalue weighted by molar-refractivity contribution is 7.22. The van der Waals surface area contributed by atoms with Crippen LogP contribution in [0.4, 0.5) is 19.7 Å². The number of benzene rings is 1. The fraction of sp³-hybridized carbons (Fsp3) is 0.267. The molecule has 1 atom stereocenters. The first-order valence-electron chi connectivity index (χ1n) is 7.61. The minimum absolute atomic E-state index is 0.00753. The number of aryl methyl sites for hydroxylation is 1. The Morgan fingerprint density at radius 2 is 2.15 bits per heavy atom. The van der Waals surface area contributed by atoms with Gasteiger partial charge in [-0.25, -0.2) is 4.98 Å². The van der Waals surface area contributed by atoms with Crippen LogP contribution in [0.1, 0.15) is 18.7 Å². The summed E-state index contributed by atoms with van der Waals surface area (Å²) in [5.41, 5.74) is 0.970. The van der Waals surface area contributed by atoms with E-state index in [2.05, 4.69) is 20.1 Å². The van der Waals surface area contributed by atoms with Gasteiger partial charge in [-0.15, -0.1) is 0 Å². The predicted molar refractivity (Wildman–Crippen MR) is 93.2 cm³/mol. The van der Waals surface area contributed by atoms with Crippen molar-refractivity contribution >= 4 is 38.4 Å². The minimum atomic E-state index is -2.93. The van der Waals surface area contributed by atoms with Gasteiger partial charge in [-0.2, -0.15) is 13.5 Å². The van der Waals surface area contributed by atoms with Gasteiger partial charge < -0.3 is 20.2 Å². The topological polar surface area (TPSA) is 112 Å². The summed E-state index contributed by atoms with van der Waals surface area (Å²) in [7, 11) is 0. The van der Waals surface area contributed by atoms with Crippen LogP contribution in [-0.4, -0.2) is 32.2 Å². The second-order valence-electron chi connectivity index (χ2n) is 5.54. The Labute approximate surface area is 154 Å². The number of nitro groups is 1. The normalized spacial score (nSPS) is 12.3. The van der Waals surface area contributed by atoms with Gasteiger partial charge >= 0.3 is 12.4 Å². The molecule has 0 saturated carbocycles. The molecule has 12 heteroatoms. The number of nitrogens with one attached hydrogen (secondary N) is 1. The number of aromatic nitrogens is 3. The number of rotatable bonds is 6. The standard InChI is InChI=1S/C15H13F2N5O4S/c1-7-5-12(22(24)25)20-21(7)8(2)13(23)19-15-18-10-4-3-9(26-14(16)17)6-11(10)27-15/h3-6,8,14H,1-2H3,(H,18,19,23). The lowest BCUT2D eigenvalue weighted by molar-refractivity contribution is -0.389. The van der Waals surface area contributed by atoms with Crippen LogP contribution in [0.5, 0.6) is 5.75 Å². The van der Waals surface area contributed by atoms with Crippen LogP contribution in [0.2, 0.25) is 0 Å². The molecule has 1 unspecified atom stereocenters. The molecule has 9 nitrogen and oxygen atoms in total. The molecule has 1 N–H and O–H groups in total. The smallest absolute Gasteiger partial charge is 0.390 e. The maximum atomic E-state index is 12.4. The van der Waals surface area contributed by atoms with Crippen molar-refractivity contribution in [1.82, 2.24) is 14.8 Å². The summed E-state index contributed by atoms with van der Waals surface area (Å²) in [4.78, 5) is 26.8. The second-order valence-corrected chi connectivity index (χ2v) is 6.57. The molecule has 0 radical (unpaired) electrons. The average Bonchev–Trinajstić information content (AvgIpc) is 3.16. The molecule has 3 rings (SSSR count). The molecule has 2 heterocycles. The first-order chi connectivity index (χ1) is 12.7. The molecule has 142 valence electrons. The number of carbonyl (C=O) groups excluding carboxylic acids is 1. The van der Waals surface area contributed by atoms with Crippen LogP contribution in [0.15, 0.2) is 24.3 Å². The molecule has 3 aromatic rings. The van der Waals surface area contributed by atoms with Crippen molar-refractivity contribution in [2.24, 2.45) is 0 Å². The molecule has 0 bridgehead atoms. The Morgan fingerprint density at radius 3 is 2.78 bits per heavy atom. The molecule has 0 aliphatic rings. The van der Waals surface area contributed by atoms with Gasteiger partial charge in [-0.1, -0.05) is 11.3 Å². The van der Waals surface area contributed by atoms with Gasteiger partial charge in [0.2, 0.25) is 0 Å². The summed E-state index contributed by atoms with van der Waals surface area (Å²) in [6.45, 7) is 0.212.